The van der Waals surface area contributed by atoms with Crippen LogP contribution in [0.2, 0.25) is 0 Å². The van der Waals surface area contributed by atoms with Gasteiger partial charge in [0.2, 0.25) is 5.91 Å². The molecular formula is C19H30N4O. The molecule has 1 aromatic rings. The Balaban J connectivity index is 1.73. The number of hydrogen-bond donors (Lipinski definition) is 1. The number of benzene rings is 1. The third-order valence-electron chi connectivity index (χ3n) is 4.61. The Morgan fingerprint density at radius 2 is 1.96 bits per heavy atom. The molecular weight excluding hydrogens is 300 g/mol. The first kappa shape index (κ1) is 18.3. The van der Waals surface area contributed by atoms with Crippen LogP contribution in [0, 0.1) is 5.92 Å². The van der Waals surface area contributed by atoms with Gasteiger partial charge in [-0.1, -0.05) is 37.3 Å². The summed E-state index contributed by atoms with van der Waals surface area (Å²) in [6.45, 7) is 5.66. The number of nitrogens with zero attached hydrogens (tertiary/aromatic N) is 3. The normalized spacial score (nSPS) is 16.1. The predicted octanol–water partition coefficient (Wildman–Crippen LogP) is 2.34. The van der Waals surface area contributed by atoms with Gasteiger partial charge in [0.05, 0.1) is 0 Å². The van der Waals surface area contributed by atoms with E-state index in [0.717, 1.165) is 30.5 Å². The maximum atomic E-state index is 12.3. The molecule has 1 heterocycles. The number of rotatable bonds is 5. The summed E-state index contributed by atoms with van der Waals surface area (Å²) in [5.41, 5.74) is 1.15. The number of guanidine groups is 1. The Hall–Kier alpha value is -2.04. The van der Waals surface area contributed by atoms with Gasteiger partial charge in [0, 0.05) is 46.7 Å². The van der Waals surface area contributed by atoms with Crippen LogP contribution in [0.3, 0.4) is 0 Å². The van der Waals surface area contributed by atoms with E-state index in [-0.39, 0.29) is 5.91 Å². The van der Waals surface area contributed by atoms with Crippen molar-refractivity contribution in [3.8, 4) is 0 Å². The van der Waals surface area contributed by atoms with Crippen LogP contribution in [0.4, 0.5) is 0 Å². The minimum absolute atomic E-state index is 0.147. The van der Waals surface area contributed by atoms with Gasteiger partial charge in [-0.25, -0.2) is 0 Å². The molecule has 0 spiro atoms. The topological polar surface area (TPSA) is 47.9 Å². The Kier molecular flexibility index (Phi) is 7.09. The molecule has 0 aromatic heterocycles. The van der Waals surface area contributed by atoms with Crippen LogP contribution in [0.15, 0.2) is 35.3 Å². The van der Waals surface area contributed by atoms with Gasteiger partial charge in [-0.2, -0.15) is 0 Å². The fourth-order valence-corrected chi connectivity index (χ4v) is 2.97. The molecule has 0 saturated carbocycles. The fraction of sp³-hybridized carbons (Fsp3) is 0.579. The van der Waals surface area contributed by atoms with Crippen molar-refractivity contribution in [1.29, 1.82) is 0 Å². The molecule has 0 atom stereocenters. The molecule has 1 aliphatic heterocycles. The molecule has 1 fully saturated rings. The van der Waals surface area contributed by atoms with Gasteiger partial charge < -0.3 is 15.1 Å². The average molecular weight is 330 g/mol. The van der Waals surface area contributed by atoms with Gasteiger partial charge in [-0.15, -0.1) is 0 Å². The number of hydrogen-bond acceptors (Lipinski definition) is 2. The molecule has 5 heteroatoms. The number of aliphatic imine (C=N–C) groups is 1. The highest BCUT2D eigenvalue weighted by atomic mass is 16.2. The zero-order chi connectivity index (χ0) is 17.4. The Labute approximate surface area is 145 Å². The van der Waals surface area contributed by atoms with Gasteiger partial charge >= 0.3 is 0 Å². The van der Waals surface area contributed by atoms with Crippen LogP contribution in [-0.2, 0) is 11.3 Å². The van der Waals surface area contributed by atoms with Gasteiger partial charge in [-0.3, -0.25) is 9.79 Å². The van der Waals surface area contributed by atoms with Crippen LogP contribution >= 0.6 is 0 Å². The smallest absolute Gasteiger partial charge is 0.224 e. The number of amides is 1. The summed E-state index contributed by atoms with van der Waals surface area (Å²) in [5.74, 6) is 1.86. The molecule has 1 amide bonds. The van der Waals surface area contributed by atoms with Crippen molar-refractivity contribution in [2.24, 2.45) is 10.9 Å². The second-order valence-electron chi connectivity index (χ2n) is 6.63. The van der Waals surface area contributed by atoms with Crippen molar-refractivity contribution < 1.29 is 4.79 Å². The van der Waals surface area contributed by atoms with Crippen LogP contribution in [0.5, 0.6) is 0 Å². The van der Waals surface area contributed by atoms with Gasteiger partial charge in [0.1, 0.15) is 0 Å². The molecule has 0 bridgehead atoms. The van der Waals surface area contributed by atoms with E-state index in [1.54, 1.807) is 4.90 Å². The molecule has 2 rings (SSSR count). The monoisotopic (exact) mass is 330 g/mol. The first-order valence-corrected chi connectivity index (χ1v) is 8.83. The second kappa shape index (κ2) is 9.30. The van der Waals surface area contributed by atoms with Gasteiger partial charge in [-0.05, 0) is 24.3 Å². The largest absolute Gasteiger partial charge is 0.356 e. The van der Waals surface area contributed by atoms with Crippen molar-refractivity contribution in [3.05, 3.63) is 35.9 Å². The van der Waals surface area contributed by atoms with Crippen molar-refractivity contribution in [2.75, 3.05) is 33.7 Å². The molecule has 24 heavy (non-hydrogen) atoms. The SMILES string of the molecule is CN=C(NCCC(=O)N(C)Cc1ccccc1)N1CCC(C)CC1. The second-order valence-corrected chi connectivity index (χ2v) is 6.63. The summed E-state index contributed by atoms with van der Waals surface area (Å²) in [4.78, 5) is 20.7. The van der Waals surface area contributed by atoms with Crippen molar-refractivity contribution >= 4 is 11.9 Å². The van der Waals surface area contributed by atoms with E-state index in [4.69, 9.17) is 0 Å². The number of carbonyl (C=O) groups excluding carboxylic acids is 1. The summed E-state index contributed by atoms with van der Waals surface area (Å²) in [6.07, 6.45) is 2.89. The van der Waals surface area contributed by atoms with Crippen LogP contribution in [0.1, 0.15) is 31.7 Å². The molecule has 0 unspecified atom stereocenters. The van der Waals surface area contributed by atoms with E-state index in [1.165, 1.54) is 12.8 Å². The molecule has 0 radical (unpaired) electrons. The van der Waals surface area contributed by atoms with Crippen LogP contribution < -0.4 is 5.32 Å². The molecule has 1 aliphatic rings. The van der Waals surface area contributed by atoms with E-state index in [9.17, 15) is 4.79 Å². The lowest BCUT2D eigenvalue weighted by Gasteiger charge is -2.33. The summed E-state index contributed by atoms with van der Waals surface area (Å²) in [6, 6.07) is 10.1. The quantitative estimate of drug-likeness (QED) is 0.666. The van der Waals surface area contributed by atoms with E-state index < -0.39 is 0 Å². The first-order valence-electron chi connectivity index (χ1n) is 8.83. The minimum Gasteiger partial charge on any atom is -0.356 e. The Morgan fingerprint density at radius 3 is 2.58 bits per heavy atom. The molecule has 0 aliphatic carbocycles. The van der Waals surface area contributed by atoms with E-state index in [2.05, 4.69) is 22.1 Å². The van der Waals surface area contributed by atoms with Crippen LogP contribution in [-0.4, -0.2) is 55.4 Å². The maximum Gasteiger partial charge on any atom is 0.224 e. The Morgan fingerprint density at radius 1 is 1.29 bits per heavy atom. The first-order chi connectivity index (χ1) is 11.6. The summed E-state index contributed by atoms with van der Waals surface area (Å²) < 4.78 is 0. The highest BCUT2D eigenvalue weighted by molar-refractivity contribution is 5.81. The fourth-order valence-electron chi connectivity index (χ4n) is 2.97. The lowest BCUT2D eigenvalue weighted by molar-refractivity contribution is -0.130. The predicted molar refractivity (Wildman–Crippen MR) is 98.9 cm³/mol. The number of piperidine rings is 1. The summed E-state index contributed by atoms with van der Waals surface area (Å²) in [7, 11) is 3.67. The highest BCUT2D eigenvalue weighted by Gasteiger charge is 2.18. The van der Waals surface area contributed by atoms with Crippen molar-refractivity contribution in [1.82, 2.24) is 15.1 Å². The molecule has 5 nitrogen and oxygen atoms in total. The maximum absolute atomic E-state index is 12.3. The molecule has 1 aromatic carbocycles. The minimum atomic E-state index is 0.147. The Bertz CT molecular complexity index is 536. The lowest BCUT2D eigenvalue weighted by Crippen LogP contribution is -2.46. The van der Waals surface area contributed by atoms with E-state index in [0.29, 0.717) is 19.5 Å². The number of likely N-dealkylation sites (tertiary alicyclic amines) is 1. The molecule has 1 N–H and O–H groups in total. The molecule has 132 valence electrons. The van der Waals surface area contributed by atoms with Gasteiger partial charge in [0.25, 0.3) is 0 Å². The van der Waals surface area contributed by atoms with E-state index >= 15 is 0 Å². The van der Waals surface area contributed by atoms with Crippen molar-refractivity contribution in [2.45, 2.75) is 32.7 Å². The highest BCUT2D eigenvalue weighted by Crippen LogP contribution is 2.15. The summed E-state index contributed by atoms with van der Waals surface area (Å²) >= 11 is 0. The average Bonchev–Trinajstić information content (AvgIpc) is 2.60. The lowest BCUT2D eigenvalue weighted by atomic mass is 10.00. The summed E-state index contributed by atoms with van der Waals surface area (Å²) in [5, 5.41) is 3.33. The third-order valence-corrected chi connectivity index (χ3v) is 4.61. The number of nitrogens with one attached hydrogen (secondary N) is 1. The van der Waals surface area contributed by atoms with Crippen LogP contribution in [0.25, 0.3) is 0 Å². The zero-order valence-corrected chi connectivity index (χ0v) is 15.2. The third kappa shape index (κ3) is 5.55. The molecule has 1 saturated heterocycles. The van der Waals surface area contributed by atoms with E-state index in [1.807, 2.05) is 44.4 Å². The standard InChI is InChI=1S/C19H30N4O/c1-16-10-13-23(14-11-16)19(20-2)21-12-9-18(24)22(3)15-17-7-5-4-6-8-17/h4-8,16H,9-15H2,1-3H3,(H,20,21). The van der Waals surface area contributed by atoms with Crippen molar-refractivity contribution in [3.63, 3.8) is 0 Å². The number of carbonyl (C=O) groups is 1. The zero-order valence-electron chi connectivity index (χ0n) is 15.2. The van der Waals surface area contributed by atoms with Gasteiger partial charge in [0.15, 0.2) is 5.96 Å².